The Morgan fingerprint density at radius 3 is 3.05 bits per heavy atom. The summed E-state index contributed by atoms with van der Waals surface area (Å²) in [5, 5.41) is 7.03. The van der Waals surface area contributed by atoms with Crippen LogP contribution in [0.1, 0.15) is 10.4 Å². The maximum Gasteiger partial charge on any atom is 0.256 e. The minimum absolute atomic E-state index is 0.187. The third kappa shape index (κ3) is 2.50. The van der Waals surface area contributed by atoms with E-state index in [0.717, 1.165) is 17.2 Å². The molecule has 2 heterocycles. The molecule has 1 amide bonds. The van der Waals surface area contributed by atoms with Crippen LogP contribution in [0.5, 0.6) is 0 Å². The SMILES string of the molecule is O=C(Nc1cnns1)c1cccc(-n2ccnc2)c1. The number of carbonyl (C=O) groups is 1. The topological polar surface area (TPSA) is 72.7 Å². The van der Waals surface area contributed by atoms with Crippen molar-refractivity contribution in [2.45, 2.75) is 0 Å². The van der Waals surface area contributed by atoms with Gasteiger partial charge in [0.25, 0.3) is 5.91 Å². The highest BCUT2D eigenvalue weighted by molar-refractivity contribution is 7.10. The highest BCUT2D eigenvalue weighted by Crippen LogP contribution is 2.14. The molecule has 0 saturated carbocycles. The van der Waals surface area contributed by atoms with Crippen LogP contribution < -0.4 is 5.32 Å². The van der Waals surface area contributed by atoms with Crippen molar-refractivity contribution in [3.63, 3.8) is 0 Å². The van der Waals surface area contributed by atoms with Gasteiger partial charge in [-0.15, -0.1) is 5.10 Å². The molecule has 0 fully saturated rings. The number of aromatic nitrogens is 4. The van der Waals surface area contributed by atoms with E-state index in [4.69, 9.17) is 0 Å². The number of carbonyl (C=O) groups excluding carboxylic acids is 1. The number of hydrogen-bond acceptors (Lipinski definition) is 5. The van der Waals surface area contributed by atoms with Crippen molar-refractivity contribution in [2.24, 2.45) is 0 Å². The van der Waals surface area contributed by atoms with Crippen LogP contribution in [0.3, 0.4) is 0 Å². The normalized spacial score (nSPS) is 10.3. The second-order valence-corrected chi connectivity index (χ2v) is 4.54. The number of rotatable bonds is 3. The Bertz CT molecular complexity index is 678. The van der Waals surface area contributed by atoms with Gasteiger partial charge in [-0.05, 0) is 18.2 Å². The van der Waals surface area contributed by atoms with Crippen molar-refractivity contribution in [3.8, 4) is 5.69 Å². The van der Waals surface area contributed by atoms with E-state index in [1.807, 2.05) is 22.9 Å². The van der Waals surface area contributed by atoms with E-state index in [2.05, 4.69) is 19.9 Å². The number of amides is 1. The first kappa shape index (κ1) is 11.5. The lowest BCUT2D eigenvalue weighted by atomic mass is 10.2. The van der Waals surface area contributed by atoms with Crippen LogP contribution in [0.2, 0.25) is 0 Å². The Morgan fingerprint density at radius 2 is 2.32 bits per heavy atom. The van der Waals surface area contributed by atoms with Gasteiger partial charge in [0, 0.05) is 35.2 Å². The predicted octanol–water partition coefficient (Wildman–Crippen LogP) is 1.98. The number of benzene rings is 1. The minimum atomic E-state index is -0.187. The molecule has 3 aromatic rings. The fraction of sp³-hybridized carbons (Fsp3) is 0. The second-order valence-electron chi connectivity index (χ2n) is 3.76. The molecule has 7 heteroatoms. The summed E-state index contributed by atoms with van der Waals surface area (Å²) in [6.45, 7) is 0. The van der Waals surface area contributed by atoms with E-state index in [-0.39, 0.29) is 5.91 Å². The van der Waals surface area contributed by atoms with Crippen LogP contribution in [0, 0.1) is 0 Å². The minimum Gasteiger partial charge on any atom is -0.311 e. The molecule has 0 radical (unpaired) electrons. The third-order valence-electron chi connectivity index (χ3n) is 2.51. The molecule has 6 nitrogen and oxygen atoms in total. The molecule has 94 valence electrons. The smallest absolute Gasteiger partial charge is 0.256 e. The lowest BCUT2D eigenvalue weighted by Gasteiger charge is -2.05. The van der Waals surface area contributed by atoms with Gasteiger partial charge < -0.3 is 9.88 Å². The van der Waals surface area contributed by atoms with Gasteiger partial charge in [0.15, 0.2) is 0 Å². The summed E-state index contributed by atoms with van der Waals surface area (Å²) in [7, 11) is 0. The fourth-order valence-electron chi connectivity index (χ4n) is 1.63. The first-order valence-electron chi connectivity index (χ1n) is 5.50. The molecule has 19 heavy (non-hydrogen) atoms. The van der Waals surface area contributed by atoms with E-state index in [9.17, 15) is 4.79 Å². The van der Waals surface area contributed by atoms with Gasteiger partial charge >= 0.3 is 0 Å². The summed E-state index contributed by atoms with van der Waals surface area (Å²) in [6, 6.07) is 7.29. The Morgan fingerprint density at radius 1 is 1.37 bits per heavy atom. The van der Waals surface area contributed by atoms with Crippen LogP contribution in [0.15, 0.2) is 49.2 Å². The molecule has 0 saturated heterocycles. The average molecular weight is 271 g/mol. The molecule has 3 rings (SSSR count). The lowest BCUT2D eigenvalue weighted by molar-refractivity contribution is 0.102. The van der Waals surface area contributed by atoms with Gasteiger partial charge in [0.2, 0.25) is 0 Å². The summed E-state index contributed by atoms with van der Waals surface area (Å²) in [5.74, 6) is -0.187. The van der Waals surface area contributed by atoms with Crippen molar-refractivity contribution >= 4 is 22.4 Å². The zero-order valence-electron chi connectivity index (χ0n) is 9.72. The average Bonchev–Trinajstić information content (AvgIpc) is 3.12. The van der Waals surface area contributed by atoms with Crippen LogP contribution in [-0.4, -0.2) is 25.0 Å². The number of anilines is 1. The summed E-state index contributed by atoms with van der Waals surface area (Å²) >= 11 is 1.14. The molecule has 0 aliphatic heterocycles. The van der Waals surface area contributed by atoms with Gasteiger partial charge in [0.1, 0.15) is 5.00 Å². The van der Waals surface area contributed by atoms with Gasteiger partial charge in [0.05, 0.1) is 12.5 Å². The molecular weight excluding hydrogens is 262 g/mol. The summed E-state index contributed by atoms with van der Waals surface area (Å²) < 4.78 is 5.53. The van der Waals surface area contributed by atoms with Gasteiger partial charge in [-0.1, -0.05) is 10.6 Å². The van der Waals surface area contributed by atoms with Crippen LogP contribution in [-0.2, 0) is 0 Å². The molecule has 0 aliphatic rings. The molecule has 2 aromatic heterocycles. The van der Waals surface area contributed by atoms with Crippen LogP contribution in [0.25, 0.3) is 5.69 Å². The Hall–Kier alpha value is -2.54. The standard InChI is InChI=1S/C12H9N5OS/c18-12(15-11-7-14-16-19-11)9-2-1-3-10(6-9)17-5-4-13-8-17/h1-8H,(H,15,18). The number of nitrogens with one attached hydrogen (secondary N) is 1. The molecule has 1 aromatic carbocycles. The Balaban J connectivity index is 1.85. The first-order valence-corrected chi connectivity index (χ1v) is 6.27. The zero-order valence-corrected chi connectivity index (χ0v) is 10.5. The third-order valence-corrected chi connectivity index (χ3v) is 3.09. The molecular formula is C12H9N5OS. The Labute approximate surface area is 112 Å². The molecule has 1 N–H and O–H groups in total. The molecule has 0 spiro atoms. The first-order chi connectivity index (χ1) is 9.33. The molecule has 0 aliphatic carbocycles. The molecule has 0 unspecified atom stereocenters. The predicted molar refractivity (Wildman–Crippen MR) is 71.4 cm³/mol. The summed E-state index contributed by atoms with van der Waals surface area (Å²) in [6.07, 6.45) is 6.71. The molecule has 0 atom stereocenters. The van der Waals surface area contributed by atoms with Crippen molar-refractivity contribution in [3.05, 3.63) is 54.7 Å². The maximum absolute atomic E-state index is 12.0. The van der Waals surface area contributed by atoms with Crippen molar-refractivity contribution in [1.82, 2.24) is 19.1 Å². The van der Waals surface area contributed by atoms with E-state index in [1.165, 1.54) is 6.20 Å². The van der Waals surface area contributed by atoms with Crippen LogP contribution in [0.4, 0.5) is 5.00 Å². The van der Waals surface area contributed by atoms with E-state index in [0.29, 0.717) is 10.6 Å². The maximum atomic E-state index is 12.0. The zero-order chi connectivity index (χ0) is 13.1. The molecule has 0 bridgehead atoms. The largest absolute Gasteiger partial charge is 0.311 e. The van der Waals surface area contributed by atoms with Crippen molar-refractivity contribution < 1.29 is 4.79 Å². The van der Waals surface area contributed by atoms with Gasteiger partial charge in [-0.25, -0.2) is 4.98 Å². The number of imidazole rings is 1. The van der Waals surface area contributed by atoms with Crippen LogP contribution >= 0.6 is 11.5 Å². The van der Waals surface area contributed by atoms with E-state index in [1.54, 1.807) is 24.7 Å². The summed E-state index contributed by atoms with van der Waals surface area (Å²) in [4.78, 5) is 16.0. The Kier molecular flexibility index (Phi) is 3.03. The quantitative estimate of drug-likeness (QED) is 0.790. The van der Waals surface area contributed by atoms with E-state index < -0.39 is 0 Å². The van der Waals surface area contributed by atoms with Crippen molar-refractivity contribution in [2.75, 3.05) is 5.32 Å². The van der Waals surface area contributed by atoms with Gasteiger partial charge in [-0.2, -0.15) is 0 Å². The highest BCUT2D eigenvalue weighted by Gasteiger charge is 2.08. The monoisotopic (exact) mass is 271 g/mol. The van der Waals surface area contributed by atoms with Gasteiger partial charge in [-0.3, -0.25) is 4.79 Å². The van der Waals surface area contributed by atoms with Crippen molar-refractivity contribution in [1.29, 1.82) is 0 Å². The highest BCUT2D eigenvalue weighted by atomic mass is 32.1. The fourth-order valence-corrected chi connectivity index (χ4v) is 2.04. The van der Waals surface area contributed by atoms with E-state index >= 15 is 0 Å². The second kappa shape index (κ2) is 4.99. The lowest BCUT2D eigenvalue weighted by Crippen LogP contribution is -2.11. The number of hydrogen-bond donors (Lipinski definition) is 1. The number of nitrogens with zero attached hydrogens (tertiary/aromatic N) is 4. The summed E-state index contributed by atoms with van der Waals surface area (Å²) in [5.41, 5.74) is 1.45.